The molecule has 1 heterocycles. The zero-order valence-corrected chi connectivity index (χ0v) is 17.9. The van der Waals surface area contributed by atoms with Crippen molar-refractivity contribution in [1.29, 1.82) is 0 Å². The van der Waals surface area contributed by atoms with Gasteiger partial charge in [0.15, 0.2) is 11.5 Å². The molecule has 1 aliphatic carbocycles. The van der Waals surface area contributed by atoms with E-state index in [0.29, 0.717) is 0 Å². The molecule has 2 aromatic carbocycles. The van der Waals surface area contributed by atoms with E-state index in [1.54, 1.807) is 14.2 Å². The van der Waals surface area contributed by atoms with Crippen molar-refractivity contribution in [2.45, 2.75) is 32.2 Å². The number of hydrogen-bond donors (Lipinski definition) is 1. The molecule has 0 spiro atoms. The Balaban J connectivity index is 1.97. The highest BCUT2D eigenvalue weighted by atomic mass is 16.5. The number of anilines is 1. The Morgan fingerprint density at radius 3 is 2.55 bits per heavy atom. The fraction of sp³-hybridized carbons (Fsp3) is 0.417. The lowest BCUT2D eigenvalue weighted by molar-refractivity contribution is 0.354. The van der Waals surface area contributed by atoms with Gasteiger partial charge < -0.3 is 24.7 Å². The summed E-state index contributed by atoms with van der Waals surface area (Å²) in [6, 6.07) is 10.6. The average Bonchev–Trinajstić information content (AvgIpc) is 2.90. The lowest BCUT2D eigenvalue weighted by atomic mass is 10.0. The monoisotopic (exact) mass is 393 g/mol. The highest BCUT2D eigenvalue weighted by Gasteiger charge is 2.25. The normalized spacial score (nSPS) is 13.3. The molecule has 1 aromatic heterocycles. The molecule has 0 fully saturated rings. The van der Waals surface area contributed by atoms with E-state index in [1.165, 1.54) is 33.3 Å². The smallest absolute Gasteiger partial charge is 0.161 e. The van der Waals surface area contributed by atoms with Crippen LogP contribution in [-0.4, -0.2) is 44.3 Å². The van der Waals surface area contributed by atoms with Crippen LogP contribution in [0, 0.1) is 0 Å². The Morgan fingerprint density at radius 1 is 1.07 bits per heavy atom. The van der Waals surface area contributed by atoms with Gasteiger partial charge >= 0.3 is 0 Å². The minimum Gasteiger partial charge on any atom is -0.493 e. The van der Waals surface area contributed by atoms with Gasteiger partial charge in [-0.15, -0.1) is 0 Å². The number of aryl methyl sites for hydroxylation is 3. The van der Waals surface area contributed by atoms with Gasteiger partial charge in [0.1, 0.15) is 0 Å². The summed E-state index contributed by atoms with van der Waals surface area (Å²) in [6.07, 6.45) is 4.23. The third-order valence-electron chi connectivity index (χ3n) is 5.95. The number of nitrogens with two attached hydrogens (primary N) is 1. The highest BCUT2D eigenvalue weighted by Crippen LogP contribution is 2.44. The van der Waals surface area contributed by atoms with Gasteiger partial charge in [0, 0.05) is 23.2 Å². The van der Waals surface area contributed by atoms with Crippen molar-refractivity contribution in [1.82, 2.24) is 9.47 Å². The third kappa shape index (κ3) is 3.44. The molecule has 0 bridgehead atoms. The van der Waals surface area contributed by atoms with Crippen molar-refractivity contribution < 1.29 is 9.47 Å². The predicted octanol–water partition coefficient (Wildman–Crippen LogP) is 4.35. The second kappa shape index (κ2) is 7.99. The minimum atomic E-state index is 0.775. The largest absolute Gasteiger partial charge is 0.493 e. The minimum absolute atomic E-state index is 0.775. The van der Waals surface area contributed by atoms with Crippen LogP contribution in [0.15, 0.2) is 30.3 Å². The SMILES string of the molecule is COc1cc2c(cc1OC)-c1c(c3c(N)cccc3n1CCCN(C)C)CCC2. The lowest BCUT2D eigenvalue weighted by Gasteiger charge is -2.17. The molecule has 0 aliphatic heterocycles. The van der Waals surface area contributed by atoms with E-state index < -0.39 is 0 Å². The summed E-state index contributed by atoms with van der Waals surface area (Å²) in [6.45, 7) is 2.01. The lowest BCUT2D eigenvalue weighted by Crippen LogP contribution is -2.15. The van der Waals surface area contributed by atoms with Crippen LogP contribution in [0.2, 0.25) is 0 Å². The zero-order valence-electron chi connectivity index (χ0n) is 17.9. The molecule has 3 aromatic rings. The molecule has 1 aliphatic rings. The number of methoxy groups -OCH3 is 2. The van der Waals surface area contributed by atoms with Gasteiger partial charge in [0.05, 0.1) is 25.4 Å². The molecule has 0 saturated carbocycles. The number of ether oxygens (including phenoxy) is 2. The predicted molar refractivity (Wildman–Crippen MR) is 120 cm³/mol. The van der Waals surface area contributed by atoms with Gasteiger partial charge in [-0.05, 0) is 81.7 Å². The molecular weight excluding hydrogens is 362 g/mol. The number of nitrogen functional groups attached to an aromatic ring is 1. The zero-order chi connectivity index (χ0) is 20.5. The first-order chi connectivity index (χ1) is 14.0. The van der Waals surface area contributed by atoms with E-state index in [-0.39, 0.29) is 0 Å². The Morgan fingerprint density at radius 2 is 1.83 bits per heavy atom. The number of rotatable bonds is 6. The maximum absolute atomic E-state index is 6.48. The van der Waals surface area contributed by atoms with Crippen molar-refractivity contribution in [3.63, 3.8) is 0 Å². The molecule has 0 saturated heterocycles. The number of hydrogen-bond acceptors (Lipinski definition) is 4. The molecule has 0 unspecified atom stereocenters. The van der Waals surface area contributed by atoms with E-state index in [2.05, 4.69) is 47.8 Å². The van der Waals surface area contributed by atoms with E-state index in [1.807, 2.05) is 6.07 Å². The summed E-state index contributed by atoms with van der Waals surface area (Å²) in [4.78, 5) is 2.24. The molecule has 0 radical (unpaired) electrons. The topological polar surface area (TPSA) is 52.7 Å². The summed E-state index contributed by atoms with van der Waals surface area (Å²) in [5.41, 5.74) is 13.8. The van der Waals surface area contributed by atoms with Crippen LogP contribution in [0.1, 0.15) is 24.0 Å². The van der Waals surface area contributed by atoms with Gasteiger partial charge in [0.25, 0.3) is 0 Å². The molecule has 0 atom stereocenters. The van der Waals surface area contributed by atoms with Gasteiger partial charge in [-0.1, -0.05) is 6.07 Å². The summed E-state index contributed by atoms with van der Waals surface area (Å²) < 4.78 is 13.7. The summed E-state index contributed by atoms with van der Waals surface area (Å²) in [5.74, 6) is 1.57. The fourth-order valence-electron chi connectivity index (χ4n) is 4.65. The first-order valence-electron chi connectivity index (χ1n) is 10.3. The molecular formula is C24H31N3O2. The number of benzene rings is 2. The molecule has 154 valence electrons. The first-order valence-corrected chi connectivity index (χ1v) is 10.3. The van der Waals surface area contributed by atoms with E-state index in [0.717, 1.165) is 56.0 Å². The number of nitrogens with zero attached hydrogens (tertiary/aromatic N) is 2. The third-order valence-corrected chi connectivity index (χ3v) is 5.95. The van der Waals surface area contributed by atoms with Gasteiger partial charge in [-0.3, -0.25) is 0 Å². The molecule has 5 nitrogen and oxygen atoms in total. The molecule has 4 rings (SSSR count). The van der Waals surface area contributed by atoms with Crippen LogP contribution in [0.4, 0.5) is 5.69 Å². The molecule has 29 heavy (non-hydrogen) atoms. The Hall–Kier alpha value is -2.66. The van der Waals surface area contributed by atoms with E-state index in [4.69, 9.17) is 15.2 Å². The van der Waals surface area contributed by atoms with Crippen LogP contribution in [0.5, 0.6) is 11.5 Å². The number of fused-ring (bicyclic) bond motifs is 5. The molecule has 5 heteroatoms. The van der Waals surface area contributed by atoms with Crippen molar-refractivity contribution in [3.05, 3.63) is 41.5 Å². The van der Waals surface area contributed by atoms with Crippen molar-refractivity contribution in [2.75, 3.05) is 40.6 Å². The maximum atomic E-state index is 6.48. The quantitative estimate of drug-likeness (QED) is 0.633. The highest BCUT2D eigenvalue weighted by molar-refractivity contribution is 6.00. The second-order valence-corrected chi connectivity index (χ2v) is 8.09. The maximum Gasteiger partial charge on any atom is 0.161 e. The second-order valence-electron chi connectivity index (χ2n) is 8.09. The first kappa shape index (κ1) is 19.6. The Bertz CT molecular complexity index is 1040. The van der Waals surface area contributed by atoms with E-state index >= 15 is 0 Å². The molecule has 2 N–H and O–H groups in total. The van der Waals surface area contributed by atoms with Crippen LogP contribution >= 0.6 is 0 Å². The fourth-order valence-corrected chi connectivity index (χ4v) is 4.65. The number of aromatic nitrogens is 1. The molecule has 0 amide bonds. The van der Waals surface area contributed by atoms with Crippen LogP contribution in [0.25, 0.3) is 22.2 Å². The van der Waals surface area contributed by atoms with Gasteiger partial charge in [-0.2, -0.15) is 0 Å². The Labute approximate surface area is 173 Å². The summed E-state index contributed by atoms with van der Waals surface area (Å²) >= 11 is 0. The van der Waals surface area contributed by atoms with Gasteiger partial charge in [-0.25, -0.2) is 0 Å². The van der Waals surface area contributed by atoms with Gasteiger partial charge in [0.2, 0.25) is 0 Å². The van der Waals surface area contributed by atoms with Crippen molar-refractivity contribution in [3.8, 4) is 22.8 Å². The van der Waals surface area contributed by atoms with Crippen LogP contribution in [-0.2, 0) is 19.4 Å². The standard InChI is InChI=1S/C24H31N3O2/c1-26(2)12-7-13-27-20-11-6-10-19(25)23(20)17-9-5-8-16-14-21(28-3)22(29-4)15-18(16)24(17)27/h6,10-11,14-15H,5,7-9,12-13,25H2,1-4H3. The summed E-state index contributed by atoms with van der Waals surface area (Å²) in [7, 11) is 7.65. The Kier molecular flexibility index (Phi) is 5.41. The van der Waals surface area contributed by atoms with E-state index in [9.17, 15) is 0 Å². The van der Waals surface area contributed by atoms with Crippen LogP contribution in [0.3, 0.4) is 0 Å². The van der Waals surface area contributed by atoms with Crippen molar-refractivity contribution in [2.24, 2.45) is 0 Å². The van der Waals surface area contributed by atoms with Crippen LogP contribution < -0.4 is 15.2 Å². The van der Waals surface area contributed by atoms with Crippen molar-refractivity contribution >= 4 is 16.6 Å². The average molecular weight is 394 g/mol. The summed E-state index contributed by atoms with van der Waals surface area (Å²) in [5, 5.41) is 1.22.